The van der Waals surface area contributed by atoms with Gasteiger partial charge in [0.2, 0.25) is 0 Å². The van der Waals surface area contributed by atoms with E-state index in [4.69, 9.17) is 0 Å². The predicted octanol–water partition coefficient (Wildman–Crippen LogP) is 2.87. The highest BCUT2D eigenvalue weighted by Gasteiger charge is 2.21. The summed E-state index contributed by atoms with van der Waals surface area (Å²) in [7, 11) is 0. The summed E-state index contributed by atoms with van der Waals surface area (Å²) in [5, 5.41) is 18.7. The molecule has 1 aromatic carbocycles. The van der Waals surface area contributed by atoms with Gasteiger partial charge in [-0.05, 0) is 25.3 Å². The Morgan fingerprint density at radius 1 is 1.20 bits per heavy atom. The van der Waals surface area contributed by atoms with Crippen LogP contribution in [0.1, 0.15) is 50.6 Å². The minimum atomic E-state index is -0.267. The minimum absolute atomic E-state index is 0.0859. The van der Waals surface area contributed by atoms with E-state index in [9.17, 15) is 4.79 Å². The van der Waals surface area contributed by atoms with E-state index in [0.29, 0.717) is 22.9 Å². The van der Waals surface area contributed by atoms with Gasteiger partial charge in [-0.2, -0.15) is 5.10 Å². The monoisotopic (exact) mass is 338 g/mol. The van der Waals surface area contributed by atoms with Gasteiger partial charge in [-0.1, -0.05) is 54.8 Å². The molecule has 7 heteroatoms. The summed E-state index contributed by atoms with van der Waals surface area (Å²) in [4.78, 5) is 12.4. The molecule has 2 heterocycles. The fourth-order valence-corrected chi connectivity index (χ4v) is 3.56. The Morgan fingerprint density at radius 2 is 1.96 bits per heavy atom. The van der Waals surface area contributed by atoms with Crippen molar-refractivity contribution in [3.8, 4) is 0 Å². The van der Waals surface area contributed by atoms with Crippen molar-refractivity contribution in [3.05, 3.63) is 46.2 Å². The van der Waals surface area contributed by atoms with E-state index in [0.717, 1.165) is 18.4 Å². The number of hydrogen-bond donors (Lipinski definition) is 2. The summed E-state index contributed by atoms with van der Waals surface area (Å²) in [6.45, 7) is 2.01. The Morgan fingerprint density at radius 3 is 2.72 bits per heavy atom. The first kappa shape index (κ1) is 15.8. The van der Waals surface area contributed by atoms with E-state index in [1.165, 1.54) is 19.3 Å². The molecule has 1 saturated carbocycles. The fraction of sp³-hybridized carbons (Fsp3) is 0.444. The second-order valence-electron chi connectivity index (χ2n) is 6.70. The van der Waals surface area contributed by atoms with Crippen molar-refractivity contribution in [1.82, 2.24) is 25.2 Å². The average Bonchev–Trinajstić information content (AvgIpc) is 3.11. The largest absolute Gasteiger partial charge is 0.364 e. The van der Waals surface area contributed by atoms with Crippen LogP contribution in [-0.4, -0.2) is 31.2 Å². The van der Waals surface area contributed by atoms with Crippen LogP contribution in [0.25, 0.3) is 11.0 Å². The molecular weight excluding hydrogens is 316 g/mol. The molecule has 2 aromatic heterocycles. The lowest BCUT2D eigenvalue weighted by Crippen LogP contribution is -2.24. The molecule has 1 unspecified atom stereocenters. The van der Waals surface area contributed by atoms with Crippen LogP contribution in [0.15, 0.2) is 35.1 Å². The van der Waals surface area contributed by atoms with Crippen LogP contribution in [0.2, 0.25) is 0 Å². The molecule has 1 atom stereocenters. The number of fused-ring (bicyclic) bond motifs is 1. The van der Waals surface area contributed by atoms with Gasteiger partial charge in [0.15, 0.2) is 16.9 Å². The normalized spacial score (nSPS) is 16.8. The van der Waals surface area contributed by atoms with E-state index in [1.54, 1.807) is 4.68 Å². The van der Waals surface area contributed by atoms with E-state index >= 15 is 0 Å². The van der Waals surface area contributed by atoms with Crippen LogP contribution in [-0.2, 0) is 0 Å². The molecule has 130 valence electrons. The highest BCUT2D eigenvalue weighted by atomic mass is 16.1. The van der Waals surface area contributed by atoms with Crippen molar-refractivity contribution in [2.24, 2.45) is 0 Å². The molecule has 1 aliphatic carbocycles. The Hall–Kier alpha value is -2.70. The highest BCUT2D eigenvalue weighted by Crippen LogP contribution is 2.25. The third-order valence-electron chi connectivity index (χ3n) is 5.00. The molecule has 0 aliphatic heterocycles. The molecule has 0 spiro atoms. The number of nitrogens with zero attached hydrogens (tertiary/aromatic N) is 4. The van der Waals surface area contributed by atoms with E-state index in [1.807, 2.05) is 37.3 Å². The van der Waals surface area contributed by atoms with Crippen LogP contribution in [0.5, 0.6) is 0 Å². The van der Waals surface area contributed by atoms with Gasteiger partial charge in [-0.3, -0.25) is 4.79 Å². The zero-order chi connectivity index (χ0) is 17.2. The Bertz CT molecular complexity index is 910. The second kappa shape index (κ2) is 6.66. The summed E-state index contributed by atoms with van der Waals surface area (Å²) in [5.41, 5.74) is 1.81. The van der Waals surface area contributed by atoms with Crippen LogP contribution in [0.4, 0.5) is 5.82 Å². The lowest BCUT2D eigenvalue weighted by molar-refractivity contribution is 0.461. The predicted molar refractivity (Wildman–Crippen MR) is 96.7 cm³/mol. The fourth-order valence-electron chi connectivity index (χ4n) is 3.56. The molecule has 0 radical (unpaired) electrons. The van der Waals surface area contributed by atoms with Gasteiger partial charge in [0.1, 0.15) is 0 Å². The first-order valence-electron chi connectivity index (χ1n) is 8.89. The third kappa shape index (κ3) is 3.01. The topological polar surface area (TPSA) is 88.5 Å². The molecule has 2 N–H and O–H groups in total. The number of anilines is 1. The summed E-state index contributed by atoms with van der Waals surface area (Å²) >= 11 is 0. The van der Waals surface area contributed by atoms with Gasteiger partial charge >= 0.3 is 0 Å². The highest BCUT2D eigenvalue weighted by molar-refractivity contribution is 5.84. The summed E-state index contributed by atoms with van der Waals surface area (Å²) in [6.07, 6.45) is 5.98. The van der Waals surface area contributed by atoms with E-state index in [-0.39, 0.29) is 11.6 Å². The van der Waals surface area contributed by atoms with Crippen molar-refractivity contribution in [1.29, 1.82) is 0 Å². The molecule has 0 bridgehead atoms. The van der Waals surface area contributed by atoms with Gasteiger partial charge < -0.3 is 5.32 Å². The van der Waals surface area contributed by atoms with Gasteiger partial charge in [0.05, 0.1) is 6.04 Å². The minimum Gasteiger partial charge on any atom is -0.364 e. The Labute approximate surface area is 145 Å². The van der Waals surface area contributed by atoms with Gasteiger partial charge in [0.25, 0.3) is 5.56 Å². The van der Waals surface area contributed by atoms with Crippen molar-refractivity contribution < 1.29 is 0 Å². The van der Waals surface area contributed by atoms with E-state index in [2.05, 4.69) is 25.8 Å². The first-order valence-corrected chi connectivity index (χ1v) is 8.89. The lowest BCUT2D eigenvalue weighted by atomic mass is 9.95. The van der Waals surface area contributed by atoms with Crippen molar-refractivity contribution in [2.45, 2.75) is 51.1 Å². The summed E-state index contributed by atoms with van der Waals surface area (Å²) in [5.74, 6) is 0.619. The zero-order valence-electron chi connectivity index (χ0n) is 14.3. The van der Waals surface area contributed by atoms with E-state index < -0.39 is 0 Å². The smallest absolute Gasteiger partial charge is 0.292 e. The lowest BCUT2D eigenvalue weighted by Gasteiger charge is -2.23. The molecule has 0 saturated heterocycles. The van der Waals surface area contributed by atoms with Gasteiger partial charge in [0, 0.05) is 6.04 Å². The molecule has 1 fully saturated rings. The van der Waals surface area contributed by atoms with Crippen LogP contribution < -0.4 is 10.9 Å². The maximum atomic E-state index is 12.4. The summed E-state index contributed by atoms with van der Waals surface area (Å²) in [6, 6.07) is 10.3. The van der Waals surface area contributed by atoms with Crippen LogP contribution in [0.3, 0.4) is 0 Å². The average molecular weight is 338 g/mol. The van der Waals surface area contributed by atoms with Crippen molar-refractivity contribution in [3.63, 3.8) is 0 Å². The molecule has 25 heavy (non-hydrogen) atoms. The number of aromatic nitrogens is 5. The number of rotatable bonds is 4. The SMILES string of the molecule is CC(c1ccccc1)n1nnc2c(NC3CCCCC3)n[nH]c(=O)c21. The standard InChI is InChI=1S/C18H22N6O/c1-12(13-8-4-2-5-9-13)24-16-15(20-23-24)17(21-22-18(16)25)19-14-10-6-3-7-11-14/h2,4-5,8-9,12,14H,3,6-7,10-11H2,1H3,(H,19,21)(H,22,25). The van der Waals surface area contributed by atoms with Crippen molar-refractivity contribution >= 4 is 16.9 Å². The third-order valence-corrected chi connectivity index (χ3v) is 5.00. The first-order chi connectivity index (χ1) is 12.2. The molecule has 0 amide bonds. The molecule has 7 nitrogen and oxygen atoms in total. The maximum absolute atomic E-state index is 12.4. The zero-order valence-corrected chi connectivity index (χ0v) is 14.3. The summed E-state index contributed by atoms with van der Waals surface area (Å²) < 4.78 is 1.68. The van der Waals surface area contributed by atoms with Crippen LogP contribution >= 0.6 is 0 Å². The quantitative estimate of drug-likeness (QED) is 0.763. The Balaban J connectivity index is 1.73. The second-order valence-corrected chi connectivity index (χ2v) is 6.70. The number of H-pyrrole nitrogens is 1. The number of nitrogens with one attached hydrogen (secondary N) is 2. The molecule has 3 aromatic rings. The van der Waals surface area contributed by atoms with Gasteiger partial charge in [-0.15, -0.1) is 5.10 Å². The maximum Gasteiger partial charge on any atom is 0.292 e. The van der Waals surface area contributed by atoms with Crippen molar-refractivity contribution in [2.75, 3.05) is 5.32 Å². The molecule has 4 rings (SSSR count). The molecular formula is C18H22N6O. The van der Waals surface area contributed by atoms with Crippen LogP contribution in [0, 0.1) is 0 Å². The number of hydrogen-bond acceptors (Lipinski definition) is 5. The van der Waals surface area contributed by atoms with Gasteiger partial charge in [-0.25, -0.2) is 9.78 Å². The Kier molecular flexibility index (Phi) is 4.21. The number of aromatic amines is 1. The molecule has 1 aliphatic rings. The number of benzene rings is 1.